The summed E-state index contributed by atoms with van der Waals surface area (Å²) in [6, 6.07) is 27.4. The molecule has 46 heavy (non-hydrogen) atoms. The Hall–Kier alpha value is -3.31. The molecule has 0 atom stereocenters. The molecule has 0 amide bonds. The fourth-order valence-corrected chi connectivity index (χ4v) is 19.4. The lowest BCUT2D eigenvalue weighted by Gasteiger charge is -2.38. The van der Waals surface area contributed by atoms with E-state index in [0.717, 1.165) is 5.56 Å². The zero-order chi connectivity index (χ0) is 33.6. The molecule has 0 nitrogen and oxygen atoms in total. The van der Waals surface area contributed by atoms with Crippen LogP contribution >= 0.6 is 0 Å². The van der Waals surface area contributed by atoms with Gasteiger partial charge in [-0.1, -0.05) is 125 Å². The number of hydrogen-bond donors (Lipinski definition) is 0. The Morgan fingerprint density at radius 3 is 1.26 bits per heavy atom. The van der Waals surface area contributed by atoms with Crippen LogP contribution < -0.4 is 0 Å². The van der Waals surface area contributed by atoms with Crippen molar-refractivity contribution in [2.24, 2.45) is 0 Å². The molecule has 0 saturated carbocycles. The summed E-state index contributed by atoms with van der Waals surface area (Å²) in [4.78, 5) is 0. The van der Waals surface area contributed by atoms with E-state index in [1.165, 1.54) is 48.7 Å². The Morgan fingerprint density at radius 2 is 0.783 bits per heavy atom. The predicted octanol–water partition coefficient (Wildman–Crippen LogP) is 13.4. The standard InChI is InChI=1S/C44H54Si2/c1-29(2)45(30(3)4,31(5)6)21-19-35-17-18-38-25-41-26-40-24-36-15-13-14-16-37(36)27-43(40)42(44(41)28-39(38)23-35)20-22-46(32(7)8,33(9)10)34(11)12/h13-18,23-34H,1-12H3. The van der Waals surface area contributed by atoms with E-state index in [9.17, 15) is 0 Å². The van der Waals surface area contributed by atoms with Gasteiger partial charge in [0.25, 0.3) is 0 Å². The third kappa shape index (κ3) is 5.85. The normalized spacial score (nSPS) is 12.7. The number of rotatable bonds is 6. The SMILES string of the molecule is CC(C)[Si](C#Cc1ccc2cc3cc4cc5ccccc5cc4c(C#C[Si](C(C)C)(C(C)C)C(C)C)c3cc2c1)(C(C)C)C(C)C. The van der Waals surface area contributed by atoms with Crippen LogP contribution in [0, 0.1) is 22.9 Å². The van der Waals surface area contributed by atoms with Gasteiger partial charge in [0.1, 0.15) is 16.1 Å². The molecule has 5 rings (SSSR count). The Morgan fingerprint density at radius 1 is 0.391 bits per heavy atom. The summed E-state index contributed by atoms with van der Waals surface area (Å²) < 4.78 is 0. The van der Waals surface area contributed by atoms with Crippen molar-refractivity contribution in [1.29, 1.82) is 0 Å². The molecule has 5 aromatic carbocycles. The van der Waals surface area contributed by atoms with Gasteiger partial charge in [-0.3, -0.25) is 0 Å². The minimum absolute atomic E-state index is 0.585. The van der Waals surface area contributed by atoms with E-state index in [4.69, 9.17) is 0 Å². The van der Waals surface area contributed by atoms with Gasteiger partial charge in [0.15, 0.2) is 0 Å². The van der Waals surface area contributed by atoms with Crippen LogP contribution in [0.25, 0.3) is 43.1 Å². The fraction of sp³-hybridized carbons (Fsp3) is 0.409. The van der Waals surface area contributed by atoms with Crippen molar-refractivity contribution in [3.8, 4) is 22.9 Å². The maximum absolute atomic E-state index is 4.08. The molecule has 0 aromatic heterocycles. The average molecular weight is 639 g/mol. The number of benzene rings is 5. The first-order valence-electron chi connectivity index (χ1n) is 17.6. The topological polar surface area (TPSA) is 0 Å². The maximum Gasteiger partial charge on any atom is 0.146 e. The van der Waals surface area contributed by atoms with Crippen LogP contribution in [0.1, 0.15) is 94.2 Å². The predicted molar refractivity (Wildman–Crippen MR) is 212 cm³/mol. The van der Waals surface area contributed by atoms with Crippen LogP contribution in [-0.2, 0) is 0 Å². The second kappa shape index (κ2) is 13.1. The quantitative estimate of drug-likeness (QED) is 0.0986. The Kier molecular flexibility index (Phi) is 9.67. The van der Waals surface area contributed by atoms with E-state index < -0.39 is 16.1 Å². The van der Waals surface area contributed by atoms with E-state index in [1.54, 1.807) is 0 Å². The van der Waals surface area contributed by atoms with Gasteiger partial charge >= 0.3 is 0 Å². The van der Waals surface area contributed by atoms with Gasteiger partial charge < -0.3 is 0 Å². The molecule has 0 N–H and O–H groups in total. The number of hydrogen-bond acceptors (Lipinski definition) is 0. The van der Waals surface area contributed by atoms with Gasteiger partial charge in [0.2, 0.25) is 0 Å². The molecular weight excluding hydrogens is 585 g/mol. The molecule has 2 heteroatoms. The number of fused-ring (bicyclic) bond motifs is 4. The highest BCUT2D eigenvalue weighted by molar-refractivity contribution is 6.91. The van der Waals surface area contributed by atoms with Crippen LogP contribution in [0.4, 0.5) is 0 Å². The van der Waals surface area contributed by atoms with Crippen LogP contribution in [0.5, 0.6) is 0 Å². The molecule has 0 aliphatic carbocycles. The summed E-state index contributed by atoms with van der Waals surface area (Å²) in [5.41, 5.74) is 13.9. The average Bonchev–Trinajstić information content (AvgIpc) is 2.98. The third-order valence-corrected chi connectivity index (χ3v) is 23.9. The second-order valence-electron chi connectivity index (χ2n) is 15.6. The summed E-state index contributed by atoms with van der Waals surface area (Å²) >= 11 is 0. The first-order chi connectivity index (χ1) is 21.7. The first kappa shape index (κ1) is 34.0. The van der Waals surface area contributed by atoms with Gasteiger partial charge in [-0.05, 0) is 119 Å². The lowest BCUT2D eigenvalue weighted by Crippen LogP contribution is -2.43. The molecule has 0 fully saturated rings. The Bertz CT molecular complexity index is 1990. The van der Waals surface area contributed by atoms with Crippen molar-refractivity contribution >= 4 is 59.2 Å². The molecule has 0 bridgehead atoms. The molecule has 0 aliphatic heterocycles. The third-order valence-electron chi connectivity index (χ3n) is 11.3. The van der Waals surface area contributed by atoms with Crippen molar-refractivity contribution < 1.29 is 0 Å². The van der Waals surface area contributed by atoms with E-state index in [1.807, 2.05) is 0 Å². The first-order valence-corrected chi connectivity index (χ1v) is 22.1. The van der Waals surface area contributed by atoms with Crippen LogP contribution in [-0.4, -0.2) is 16.1 Å². The van der Waals surface area contributed by atoms with Crippen molar-refractivity contribution in [2.45, 2.75) is 116 Å². The molecule has 0 spiro atoms. The largest absolute Gasteiger partial charge is 0.146 e. The lowest BCUT2D eigenvalue weighted by molar-refractivity contribution is 0.838. The molecule has 0 unspecified atom stereocenters. The Labute approximate surface area is 281 Å². The minimum atomic E-state index is -1.93. The monoisotopic (exact) mass is 638 g/mol. The highest BCUT2D eigenvalue weighted by Crippen LogP contribution is 2.42. The van der Waals surface area contributed by atoms with E-state index in [2.05, 4.69) is 179 Å². The minimum Gasteiger partial charge on any atom is -0.125 e. The van der Waals surface area contributed by atoms with Gasteiger partial charge in [-0.15, -0.1) is 11.1 Å². The molecule has 5 aromatic rings. The summed E-state index contributed by atoms with van der Waals surface area (Å²) in [6.07, 6.45) is 0. The van der Waals surface area contributed by atoms with Crippen molar-refractivity contribution in [3.05, 3.63) is 83.9 Å². The molecule has 0 aliphatic rings. The van der Waals surface area contributed by atoms with Crippen LogP contribution in [0.2, 0.25) is 33.2 Å². The molecule has 0 radical (unpaired) electrons. The van der Waals surface area contributed by atoms with Gasteiger partial charge in [0.05, 0.1) is 0 Å². The van der Waals surface area contributed by atoms with E-state index in [-0.39, 0.29) is 0 Å². The second-order valence-corrected chi connectivity index (χ2v) is 26.8. The zero-order valence-corrected chi connectivity index (χ0v) is 32.4. The summed E-state index contributed by atoms with van der Waals surface area (Å²) in [5.74, 6) is 7.64. The Balaban J connectivity index is 1.81. The van der Waals surface area contributed by atoms with Crippen LogP contribution in [0.3, 0.4) is 0 Å². The molecule has 238 valence electrons. The van der Waals surface area contributed by atoms with Crippen molar-refractivity contribution in [2.75, 3.05) is 0 Å². The highest BCUT2D eigenvalue weighted by atomic mass is 28.3. The summed E-state index contributed by atoms with van der Waals surface area (Å²) in [7, 11) is -3.75. The lowest BCUT2D eigenvalue weighted by atomic mass is 9.92. The van der Waals surface area contributed by atoms with Gasteiger partial charge in [-0.25, -0.2) is 0 Å². The molecule has 0 saturated heterocycles. The van der Waals surface area contributed by atoms with E-state index >= 15 is 0 Å². The molecule has 0 heterocycles. The van der Waals surface area contributed by atoms with Crippen LogP contribution in [0.15, 0.2) is 72.8 Å². The smallest absolute Gasteiger partial charge is 0.125 e. The summed E-state index contributed by atoms with van der Waals surface area (Å²) in [5, 5.41) is 10.1. The zero-order valence-electron chi connectivity index (χ0n) is 30.4. The summed E-state index contributed by atoms with van der Waals surface area (Å²) in [6.45, 7) is 28.8. The van der Waals surface area contributed by atoms with Crippen molar-refractivity contribution in [3.63, 3.8) is 0 Å². The fourth-order valence-electron chi connectivity index (χ4n) is 8.99. The van der Waals surface area contributed by atoms with Gasteiger partial charge in [0, 0.05) is 11.1 Å². The van der Waals surface area contributed by atoms with E-state index in [0.29, 0.717) is 33.2 Å². The van der Waals surface area contributed by atoms with Gasteiger partial charge in [-0.2, -0.15) is 0 Å². The molecular formula is C44H54Si2. The van der Waals surface area contributed by atoms with Crippen molar-refractivity contribution in [1.82, 2.24) is 0 Å². The highest BCUT2D eigenvalue weighted by Gasteiger charge is 2.42. The maximum atomic E-state index is 4.08.